The van der Waals surface area contributed by atoms with E-state index < -0.39 is 0 Å². The Bertz CT molecular complexity index is 349. The average Bonchev–Trinajstić information content (AvgIpc) is 2.29. The number of hydrogen-bond acceptors (Lipinski definition) is 2. The van der Waals surface area contributed by atoms with E-state index in [2.05, 4.69) is 51.2 Å². The Morgan fingerprint density at radius 2 is 1.94 bits per heavy atom. The van der Waals surface area contributed by atoms with Crippen LogP contribution in [0.15, 0.2) is 24.3 Å². The molecule has 0 saturated heterocycles. The highest BCUT2D eigenvalue weighted by molar-refractivity contribution is 5.36. The van der Waals surface area contributed by atoms with Crippen LogP contribution in [0.25, 0.3) is 0 Å². The Morgan fingerprint density at radius 1 is 1.29 bits per heavy atom. The molecule has 1 rings (SSSR count). The molecular formula is C15H25NO. The van der Waals surface area contributed by atoms with Gasteiger partial charge in [-0.25, -0.2) is 0 Å². The SMILES string of the molecule is CCC(C)(CNC)Oc1ccccc1C(C)C. The van der Waals surface area contributed by atoms with E-state index in [9.17, 15) is 0 Å². The van der Waals surface area contributed by atoms with Crippen molar-refractivity contribution in [3.8, 4) is 5.75 Å². The van der Waals surface area contributed by atoms with Crippen LogP contribution in [0.3, 0.4) is 0 Å². The fraction of sp³-hybridized carbons (Fsp3) is 0.600. The molecule has 0 amide bonds. The Kier molecular flexibility index (Phi) is 5.01. The molecule has 0 aliphatic heterocycles. The molecule has 1 aromatic carbocycles. The van der Waals surface area contributed by atoms with Crippen molar-refractivity contribution in [1.29, 1.82) is 0 Å². The maximum absolute atomic E-state index is 6.22. The summed E-state index contributed by atoms with van der Waals surface area (Å²) < 4.78 is 6.22. The van der Waals surface area contributed by atoms with Crippen molar-refractivity contribution in [1.82, 2.24) is 5.32 Å². The van der Waals surface area contributed by atoms with Gasteiger partial charge in [0.1, 0.15) is 11.4 Å². The Balaban J connectivity index is 2.93. The average molecular weight is 235 g/mol. The minimum absolute atomic E-state index is 0.139. The third-order valence-electron chi connectivity index (χ3n) is 3.20. The van der Waals surface area contributed by atoms with Crippen molar-refractivity contribution in [3.05, 3.63) is 29.8 Å². The molecule has 0 heterocycles. The van der Waals surface area contributed by atoms with Crippen LogP contribution in [-0.2, 0) is 0 Å². The maximum atomic E-state index is 6.22. The van der Waals surface area contributed by atoms with Crippen LogP contribution in [0.1, 0.15) is 45.6 Å². The summed E-state index contributed by atoms with van der Waals surface area (Å²) >= 11 is 0. The number of para-hydroxylation sites is 1. The molecule has 1 N–H and O–H groups in total. The summed E-state index contributed by atoms with van der Waals surface area (Å²) in [5.41, 5.74) is 1.14. The zero-order valence-electron chi connectivity index (χ0n) is 11.7. The van der Waals surface area contributed by atoms with Gasteiger partial charge in [0, 0.05) is 6.54 Å². The van der Waals surface area contributed by atoms with Gasteiger partial charge in [0.05, 0.1) is 0 Å². The van der Waals surface area contributed by atoms with Crippen LogP contribution in [0.4, 0.5) is 0 Å². The molecule has 0 spiro atoms. The molecule has 0 aromatic heterocycles. The van der Waals surface area contributed by atoms with Gasteiger partial charge in [-0.1, -0.05) is 39.0 Å². The monoisotopic (exact) mass is 235 g/mol. The predicted molar refractivity (Wildman–Crippen MR) is 73.8 cm³/mol. The molecule has 2 nitrogen and oxygen atoms in total. The molecule has 2 heteroatoms. The van der Waals surface area contributed by atoms with Crippen molar-refractivity contribution in [2.45, 2.75) is 45.6 Å². The quantitative estimate of drug-likeness (QED) is 0.813. The first kappa shape index (κ1) is 14.0. The van der Waals surface area contributed by atoms with Crippen molar-refractivity contribution in [2.24, 2.45) is 0 Å². The smallest absolute Gasteiger partial charge is 0.123 e. The van der Waals surface area contributed by atoms with E-state index >= 15 is 0 Å². The van der Waals surface area contributed by atoms with E-state index in [-0.39, 0.29) is 5.60 Å². The third-order valence-corrected chi connectivity index (χ3v) is 3.20. The predicted octanol–water partition coefficient (Wildman–Crippen LogP) is 3.58. The minimum atomic E-state index is -0.139. The molecule has 0 saturated carbocycles. The number of hydrogen-bond donors (Lipinski definition) is 1. The topological polar surface area (TPSA) is 21.3 Å². The van der Waals surface area contributed by atoms with E-state index in [4.69, 9.17) is 4.74 Å². The van der Waals surface area contributed by atoms with Crippen LogP contribution in [-0.4, -0.2) is 19.2 Å². The lowest BCUT2D eigenvalue weighted by Crippen LogP contribution is -2.41. The lowest BCUT2D eigenvalue weighted by atomic mass is 10.00. The molecule has 0 aliphatic rings. The van der Waals surface area contributed by atoms with Crippen LogP contribution in [0, 0.1) is 0 Å². The molecule has 1 aromatic rings. The van der Waals surface area contributed by atoms with Crippen LogP contribution >= 0.6 is 0 Å². The summed E-state index contributed by atoms with van der Waals surface area (Å²) in [6.45, 7) is 9.57. The number of likely N-dealkylation sites (N-methyl/N-ethyl adjacent to an activating group) is 1. The van der Waals surface area contributed by atoms with Gasteiger partial charge in [-0.2, -0.15) is 0 Å². The Hall–Kier alpha value is -1.02. The number of rotatable bonds is 6. The van der Waals surface area contributed by atoms with Crippen molar-refractivity contribution in [2.75, 3.05) is 13.6 Å². The largest absolute Gasteiger partial charge is 0.486 e. The highest BCUT2D eigenvalue weighted by atomic mass is 16.5. The van der Waals surface area contributed by atoms with Crippen molar-refractivity contribution in [3.63, 3.8) is 0 Å². The number of nitrogens with one attached hydrogen (secondary N) is 1. The van der Waals surface area contributed by atoms with E-state index in [1.807, 2.05) is 13.1 Å². The molecule has 0 aliphatic carbocycles. The molecule has 0 fully saturated rings. The Morgan fingerprint density at radius 3 is 2.47 bits per heavy atom. The lowest BCUT2D eigenvalue weighted by Gasteiger charge is -2.31. The standard InChI is InChI=1S/C15H25NO/c1-6-15(4,11-16-5)17-14-10-8-7-9-13(14)12(2)3/h7-10,12,16H,6,11H2,1-5H3. The fourth-order valence-electron chi connectivity index (χ4n) is 1.92. The first-order valence-corrected chi connectivity index (χ1v) is 6.45. The zero-order valence-corrected chi connectivity index (χ0v) is 11.7. The van der Waals surface area contributed by atoms with Crippen LogP contribution < -0.4 is 10.1 Å². The maximum Gasteiger partial charge on any atom is 0.123 e. The summed E-state index contributed by atoms with van der Waals surface area (Å²) in [5, 5.41) is 3.20. The molecule has 96 valence electrons. The van der Waals surface area contributed by atoms with Gasteiger partial charge in [0.2, 0.25) is 0 Å². The molecule has 17 heavy (non-hydrogen) atoms. The van der Waals surface area contributed by atoms with E-state index in [1.54, 1.807) is 0 Å². The van der Waals surface area contributed by atoms with Crippen molar-refractivity contribution < 1.29 is 4.74 Å². The summed E-state index contributed by atoms with van der Waals surface area (Å²) in [6.07, 6.45) is 0.986. The van der Waals surface area contributed by atoms with Gasteiger partial charge in [-0.15, -0.1) is 0 Å². The van der Waals surface area contributed by atoms with Crippen molar-refractivity contribution >= 4 is 0 Å². The second-order valence-corrected chi connectivity index (χ2v) is 5.13. The molecular weight excluding hydrogens is 210 g/mol. The second kappa shape index (κ2) is 6.06. The molecule has 0 radical (unpaired) electrons. The first-order chi connectivity index (χ1) is 8.02. The molecule has 0 bridgehead atoms. The summed E-state index contributed by atoms with van der Waals surface area (Å²) in [6, 6.07) is 8.33. The van der Waals surface area contributed by atoms with Gasteiger partial charge in [-0.05, 0) is 37.9 Å². The highest BCUT2D eigenvalue weighted by Gasteiger charge is 2.24. The molecule has 1 atom stereocenters. The molecule has 1 unspecified atom stereocenters. The van der Waals surface area contributed by atoms with Gasteiger partial charge < -0.3 is 10.1 Å². The Labute approximate surface area is 105 Å². The van der Waals surface area contributed by atoms with E-state index in [0.717, 1.165) is 18.7 Å². The fourth-order valence-corrected chi connectivity index (χ4v) is 1.92. The minimum Gasteiger partial charge on any atom is -0.486 e. The summed E-state index contributed by atoms with van der Waals surface area (Å²) in [5.74, 6) is 1.50. The summed E-state index contributed by atoms with van der Waals surface area (Å²) in [4.78, 5) is 0. The lowest BCUT2D eigenvalue weighted by molar-refractivity contribution is 0.0843. The van der Waals surface area contributed by atoms with Crippen LogP contribution in [0.5, 0.6) is 5.75 Å². The van der Waals surface area contributed by atoms with Gasteiger partial charge in [-0.3, -0.25) is 0 Å². The van der Waals surface area contributed by atoms with E-state index in [1.165, 1.54) is 5.56 Å². The summed E-state index contributed by atoms with van der Waals surface area (Å²) in [7, 11) is 1.96. The van der Waals surface area contributed by atoms with Crippen LogP contribution in [0.2, 0.25) is 0 Å². The highest BCUT2D eigenvalue weighted by Crippen LogP contribution is 2.29. The first-order valence-electron chi connectivity index (χ1n) is 6.45. The zero-order chi connectivity index (χ0) is 12.9. The normalized spacial score (nSPS) is 14.7. The number of ether oxygens (including phenoxy) is 1. The third kappa shape index (κ3) is 3.74. The van der Waals surface area contributed by atoms with Gasteiger partial charge in [0.25, 0.3) is 0 Å². The van der Waals surface area contributed by atoms with E-state index in [0.29, 0.717) is 5.92 Å². The number of benzene rings is 1. The van der Waals surface area contributed by atoms with Gasteiger partial charge >= 0.3 is 0 Å². The second-order valence-electron chi connectivity index (χ2n) is 5.13. The van der Waals surface area contributed by atoms with Gasteiger partial charge in [0.15, 0.2) is 0 Å².